The van der Waals surface area contributed by atoms with E-state index < -0.39 is 0 Å². The summed E-state index contributed by atoms with van der Waals surface area (Å²) in [5, 5.41) is 14.9. The van der Waals surface area contributed by atoms with Gasteiger partial charge in [-0.15, -0.1) is 21.5 Å². The van der Waals surface area contributed by atoms with E-state index in [1.807, 2.05) is 24.3 Å². The van der Waals surface area contributed by atoms with E-state index in [0.717, 1.165) is 30.4 Å². The number of hydrogen-bond donors (Lipinski definition) is 1. The third-order valence-corrected chi connectivity index (χ3v) is 6.57. The first-order chi connectivity index (χ1) is 15.2. The Labute approximate surface area is 193 Å². The average Bonchev–Trinajstić information content (AvgIpc) is 3.43. The zero-order valence-corrected chi connectivity index (χ0v) is 19.0. The lowest BCUT2D eigenvalue weighted by Crippen LogP contribution is -2.16. The molecule has 0 saturated heterocycles. The van der Waals surface area contributed by atoms with Crippen LogP contribution in [0.5, 0.6) is 0 Å². The number of carbonyl (C=O) groups is 1. The third-order valence-electron chi connectivity index (χ3n) is 4.50. The van der Waals surface area contributed by atoms with Gasteiger partial charge < -0.3 is 9.88 Å². The second kappa shape index (κ2) is 10.6. The number of halogens is 1. The van der Waals surface area contributed by atoms with Crippen molar-refractivity contribution in [2.45, 2.75) is 24.5 Å². The normalized spacial score (nSPS) is 10.9. The first kappa shape index (κ1) is 21.5. The second-order valence-corrected chi connectivity index (χ2v) is 9.15. The van der Waals surface area contributed by atoms with Crippen LogP contribution >= 0.6 is 34.7 Å². The van der Waals surface area contributed by atoms with Crippen molar-refractivity contribution < 1.29 is 4.79 Å². The van der Waals surface area contributed by atoms with Gasteiger partial charge in [-0.2, -0.15) is 0 Å². The summed E-state index contributed by atoms with van der Waals surface area (Å²) in [6.07, 6.45) is 3.09. The van der Waals surface area contributed by atoms with E-state index in [9.17, 15) is 4.79 Å². The fourth-order valence-electron chi connectivity index (χ4n) is 2.99. The molecule has 0 fully saturated rings. The highest BCUT2D eigenvalue weighted by Gasteiger charge is 2.15. The molecular formula is C22H20ClN5OS2. The number of carbonyl (C=O) groups excluding carboxylic acids is 1. The first-order valence-corrected chi connectivity index (χ1v) is 11.9. The summed E-state index contributed by atoms with van der Waals surface area (Å²) in [5.74, 6) is 1.43. The van der Waals surface area contributed by atoms with Gasteiger partial charge in [-0.1, -0.05) is 59.8 Å². The molecule has 0 aliphatic carbocycles. The molecule has 6 nitrogen and oxygen atoms in total. The van der Waals surface area contributed by atoms with Gasteiger partial charge >= 0.3 is 0 Å². The Morgan fingerprint density at radius 1 is 1.10 bits per heavy atom. The first-order valence-electron chi connectivity index (χ1n) is 9.70. The van der Waals surface area contributed by atoms with Crippen molar-refractivity contribution in [3.63, 3.8) is 0 Å². The number of anilines is 1. The van der Waals surface area contributed by atoms with Crippen molar-refractivity contribution in [3.05, 3.63) is 87.5 Å². The summed E-state index contributed by atoms with van der Waals surface area (Å²) in [4.78, 5) is 17.7. The second-order valence-electron chi connectivity index (χ2n) is 6.74. The predicted octanol–water partition coefficient (Wildman–Crippen LogP) is 4.95. The number of pyridine rings is 1. The van der Waals surface area contributed by atoms with E-state index in [2.05, 4.69) is 48.6 Å². The van der Waals surface area contributed by atoms with E-state index in [1.165, 1.54) is 28.4 Å². The van der Waals surface area contributed by atoms with Crippen LogP contribution < -0.4 is 5.32 Å². The Hall–Kier alpha value is -2.68. The zero-order valence-electron chi connectivity index (χ0n) is 16.6. The number of rotatable bonds is 9. The molecule has 3 aromatic heterocycles. The highest BCUT2D eigenvalue weighted by Crippen LogP contribution is 2.21. The van der Waals surface area contributed by atoms with Crippen LogP contribution in [0.3, 0.4) is 0 Å². The molecule has 1 amide bonds. The summed E-state index contributed by atoms with van der Waals surface area (Å²) < 4.78 is 2.12. The average molecular weight is 470 g/mol. The molecule has 0 unspecified atom stereocenters. The number of aromatic nitrogens is 4. The fraction of sp³-hybridized carbons (Fsp3) is 0.182. The number of hydrogen-bond acceptors (Lipinski definition) is 6. The molecule has 0 atom stereocenters. The smallest absolute Gasteiger partial charge is 0.236 e. The molecule has 0 bridgehead atoms. The van der Waals surface area contributed by atoms with Crippen LogP contribution in [0, 0.1) is 0 Å². The highest BCUT2D eigenvalue weighted by molar-refractivity contribution is 7.99. The number of benzene rings is 1. The van der Waals surface area contributed by atoms with Crippen molar-refractivity contribution in [2.75, 3.05) is 11.1 Å². The van der Waals surface area contributed by atoms with E-state index in [1.54, 1.807) is 23.5 Å². The van der Waals surface area contributed by atoms with Gasteiger partial charge in [-0.05, 0) is 35.6 Å². The molecule has 0 aliphatic rings. The summed E-state index contributed by atoms with van der Waals surface area (Å²) in [6.45, 7) is 0.750. The van der Waals surface area contributed by atoms with Gasteiger partial charge in [0.05, 0.1) is 10.8 Å². The van der Waals surface area contributed by atoms with Crippen LogP contribution in [0.25, 0.3) is 0 Å². The Balaban J connectivity index is 1.44. The summed E-state index contributed by atoms with van der Waals surface area (Å²) in [6, 6.07) is 17.8. The van der Waals surface area contributed by atoms with E-state index in [-0.39, 0.29) is 11.7 Å². The van der Waals surface area contributed by atoms with Crippen LogP contribution in [0.4, 0.5) is 5.82 Å². The van der Waals surface area contributed by atoms with Crippen molar-refractivity contribution in [1.82, 2.24) is 19.7 Å². The van der Waals surface area contributed by atoms with Crippen LogP contribution in [0.1, 0.15) is 16.3 Å². The van der Waals surface area contributed by atoms with Crippen molar-refractivity contribution in [3.8, 4) is 0 Å². The number of thioether (sulfide) groups is 1. The monoisotopic (exact) mass is 469 g/mol. The minimum absolute atomic E-state index is 0.155. The lowest BCUT2D eigenvalue weighted by molar-refractivity contribution is -0.113. The topological polar surface area (TPSA) is 72.7 Å². The maximum atomic E-state index is 12.4. The molecule has 0 spiro atoms. The molecule has 0 aliphatic heterocycles. The lowest BCUT2D eigenvalue weighted by atomic mass is 10.1. The van der Waals surface area contributed by atoms with Gasteiger partial charge in [0, 0.05) is 24.0 Å². The van der Waals surface area contributed by atoms with Crippen LogP contribution in [0.15, 0.2) is 71.3 Å². The molecular weight excluding hydrogens is 450 g/mol. The maximum Gasteiger partial charge on any atom is 0.236 e. The molecule has 31 heavy (non-hydrogen) atoms. The SMILES string of the molecule is O=C(CSc1nnc(Cc2cccs2)n1CCc1ccccc1)Nc1ccc(Cl)cn1. The van der Waals surface area contributed by atoms with Gasteiger partial charge in [0.15, 0.2) is 5.16 Å². The highest BCUT2D eigenvalue weighted by atomic mass is 35.5. The molecule has 4 aromatic rings. The minimum atomic E-state index is -0.155. The molecule has 0 saturated carbocycles. The quantitative estimate of drug-likeness (QED) is 0.351. The van der Waals surface area contributed by atoms with E-state index >= 15 is 0 Å². The Morgan fingerprint density at radius 2 is 1.97 bits per heavy atom. The Bertz CT molecular complexity index is 1110. The van der Waals surface area contributed by atoms with Gasteiger partial charge in [0.2, 0.25) is 5.91 Å². The standard InChI is InChI=1S/C22H20ClN5OS2/c23-17-8-9-19(24-14-17)25-21(29)15-31-22-27-26-20(13-18-7-4-12-30-18)28(22)11-10-16-5-2-1-3-6-16/h1-9,12,14H,10-11,13,15H2,(H,24,25,29). The largest absolute Gasteiger partial charge is 0.310 e. The number of amides is 1. The molecule has 1 aromatic carbocycles. The number of thiophene rings is 1. The molecule has 158 valence electrons. The van der Waals surface area contributed by atoms with Gasteiger partial charge in [-0.3, -0.25) is 4.79 Å². The van der Waals surface area contributed by atoms with Gasteiger partial charge in [0.25, 0.3) is 0 Å². The van der Waals surface area contributed by atoms with Crippen molar-refractivity contribution >= 4 is 46.4 Å². The molecule has 9 heteroatoms. The molecule has 3 heterocycles. The fourth-order valence-corrected chi connectivity index (χ4v) is 4.59. The van der Waals surface area contributed by atoms with E-state index in [4.69, 9.17) is 11.6 Å². The Morgan fingerprint density at radius 3 is 2.71 bits per heavy atom. The van der Waals surface area contributed by atoms with Gasteiger partial charge in [0.1, 0.15) is 11.6 Å². The molecule has 4 rings (SSSR count). The van der Waals surface area contributed by atoms with Crippen molar-refractivity contribution in [1.29, 1.82) is 0 Å². The summed E-state index contributed by atoms with van der Waals surface area (Å²) >= 11 is 8.91. The molecule has 1 N–H and O–H groups in total. The maximum absolute atomic E-state index is 12.4. The van der Waals surface area contributed by atoms with Crippen LogP contribution in [-0.4, -0.2) is 31.4 Å². The lowest BCUT2D eigenvalue weighted by Gasteiger charge is -2.10. The zero-order chi connectivity index (χ0) is 21.5. The third kappa shape index (κ3) is 6.16. The number of nitrogens with one attached hydrogen (secondary N) is 1. The number of aryl methyl sites for hydroxylation is 1. The Kier molecular flexibility index (Phi) is 7.35. The number of nitrogens with zero attached hydrogens (tertiary/aromatic N) is 4. The van der Waals surface area contributed by atoms with E-state index in [0.29, 0.717) is 10.8 Å². The van der Waals surface area contributed by atoms with Crippen molar-refractivity contribution in [2.24, 2.45) is 0 Å². The molecule has 0 radical (unpaired) electrons. The summed E-state index contributed by atoms with van der Waals surface area (Å²) in [7, 11) is 0. The van der Waals surface area contributed by atoms with Gasteiger partial charge in [-0.25, -0.2) is 4.98 Å². The summed E-state index contributed by atoms with van der Waals surface area (Å²) in [5.41, 5.74) is 1.25. The van der Waals surface area contributed by atoms with Crippen LogP contribution in [0.2, 0.25) is 5.02 Å². The van der Waals surface area contributed by atoms with Crippen LogP contribution in [-0.2, 0) is 24.2 Å². The predicted molar refractivity (Wildman–Crippen MR) is 126 cm³/mol. The minimum Gasteiger partial charge on any atom is -0.310 e.